The van der Waals surface area contributed by atoms with Gasteiger partial charge < -0.3 is 14.8 Å². The highest BCUT2D eigenvalue weighted by molar-refractivity contribution is 5.89. The monoisotopic (exact) mass is 341 g/mol. The summed E-state index contributed by atoms with van der Waals surface area (Å²) in [5.41, 5.74) is 3.64. The molecule has 132 valence electrons. The van der Waals surface area contributed by atoms with Gasteiger partial charge in [-0.3, -0.25) is 4.79 Å². The number of aryl methyl sites for hydroxylation is 2. The van der Waals surface area contributed by atoms with Gasteiger partial charge in [0.1, 0.15) is 5.75 Å². The van der Waals surface area contributed by atoms with Gasteiger partial charge in [0.2, 0.25) is 5.91 Å². The summed E-state index contributed by atoms with van der Waals surface area (Å²) in [5.74, 6) is 0.345. The maximum Gasteiger partial charge on any atom is 0.337 e. The summed E-state index contributed by atoms with van der Waals surface area (Å²) in [6.45, 7) is 4.75. The van der Waals surface area contributed by atoms with Crippen molar-refractivity contribution in [1.29, 1.82) is 0 Å². The van der Waals surface area contributed by atoms with Gasteiger partial charge in [-0.2, -0.15) is 0 Å². The quantitative estimate of drug-likeness (QED) is 0.786. The molecular weight excluding hydrogens is 318 g/mol. The maximum absolute atomic E-state index is 11.9. The van der Waals surface area contributed by atoms with Gasteiger partial charge in [-0.1, -0.05) is 29.8 Å². The molecule has 5 heteroatoms. The number of hydrogen-bond acceptors (Lipinski definition) is 4. The number of carbonyl (C=O) groups is 2. The predicted molar refractivity (Wildman–Crippen MR) is 95.7 cm³/mol. The lowest BCUT2D eigenvalue weighted by atomic mass is 10.1. The molecule has 1 amide bonds. The summed E-state index contributed by atoms with van der Waals surface area (Å²) >= 11 is 0. The Hall–Kier alpha value is -2.82. The van der Waals surface area contributed by atoms with Crippen LogP contribution < -0.4 is 10.1 Å². The third kappa shape index (κ3) is 5.64. The minimum absolute atomic E-state index is 0.0817. The van der Waals surface area contributed by atoms with Gasteiger partial charge in [0.25, 0.3) is 0 Å². The number of ether oxygens (including phenoxy) is 2. The Balaban J connectivity index is 1.74. The summed E-state index contributed by atoms with van der Waals surface area (Å²) < 4.78 is 10.3. The molecule has 0 atom stereocenters. The zero-order valence-corrected chi connectivity index (χ0v) is 14.8. The summed E-state index contributed by atoms with van der Waals surface area (Å²) in [5, 5.41) is 2.84. The second-order valence-corrected chi connectivity index (χ2v) is 5.83. The molecule has 0 saturated heterocycles. The molecule has 5 nitrogen and oxygen atoms in total. The molecule has 0 aliphatic rings. The average Bonchev–Trinajstić information content (AvgIpc) is 2.61. The van der Waals surface area contributed by atoms with Crippen molar-refractivity contribution in [2.45, 2.75) is 26.8 Å². The SMILES string of the molecule is COC(=O)c1ccc(CNC(=O)CCOc2ccc(C)cc2C)cc1. The molecule has 0 spiro atoms. The fourth-order valence-corrected chi connectivity index (χ4v) is 2.38. The fraction of sp³-hybridized carbons (Fsp3) is 0.300. The summed E-state index contributed by atoms with van der Waals surface area (Å²) in [7, 11) is 1.34. The topological polar surface area (TPSA) is 64.6 Å². The highest BCUT2D eigenvalue weighted by Gasteiger charge is 2.06. The molecule has 0 aliphatic heterocycles. The minimum Gasteiger partial charge on any atom is -0.493 e. The molecule has 2 rings (SSSR count). The normalized spacial score (nSPS) is 10.2. The molecule has 0 aromatic heterocycles. The Kier molecular flexibility index (Phi) is 6.57. The van der Waals surface area contributed by atoms with E-state index in [9.17, 15) is 9.59 Å². The van der Waals surface area contributed by atoms with Crippen LogP contribution in [0.25, 0.3) is 0 Å². The molecule has 0 fully saturated rings. The van der Waals surface area contributed by atoms with Crippen LogP contribution in [0.5, 0.6) is 5.75 Å². The number of rotatable bonds is 7. The van der Waals surface area contributed by atoms with E-state index in [1.165, 1.54) is 12.7 Å². The minimum atomic E-state index is -0.376. The van der Waals surface area contributed by atoms with Crippen LogP contribution in [0.2, 0.25) is 0 Å². The van der Waals surface area contributed by atoms with Crippen molar-refractivity contribution in [3.8, 4) is 5.75 Å². The van der Waals surface area contributed by atoms with E-state index in [1.807, 2.05) is 32.0 Å². The van der Waals surface area contributed by atoms with Gasteiger partial charge in [0, 0.05) is 6.54 Å². The molecule has 0 radical (unpaired) electrons. The van der Waals surface area contributed by atoms with Gasteiger partial charge in [-0.25, -0.2) is 4.79 Å². The van der Waals surface area contributed by atoms with Gasteiger partial charge in [-0.15, -0.1) is 0 Å². The predicted octanol–water partition coefficient (Wildman–Crippen LogP) is 3.18. The average molecular weight is 341 g/mol. The number of benzene rings is 2. The first-order valence-corrected chi connectivity index (χ1v) is 8.13. The Morgan fingerprint density at radius 1 is 1.04 bits per heavy atom. The number of methoxy groups -OCH3 is 1. The second kappa shape index (κ2) is 8.87. The van der Waals surface area contributed by atoms with Crippen molar-refractivity contribution in [3.05, 3.63) is 64.7 Å². The Morgan fingerprint density at radius 3 is 2.40 bits per heavy atom. The molecule has 0 unspecified atom stereocenters. The largest absolute Gasteiger partial charge is 0.493 e. The number of esters is 1. The highest BCUT2D eigenvalue weighted by Crippen LogP contribution is 2.18. The number of nitrogens with one attached hydrogen (secondary N) is 1. The smallest absolute Gasteiger partial charge is 0.337 e. The highest BCUT2D eigenvalue weighted by atomic mass is 16.5. The van der Waals surface area contributed by atoms with Crippen molar-refractivity contribution in [3.63, 3.8) is 0 Å². The van der Waals surface area contributed by atoms with E-state index in [4.69, 9.17) is 4.74 Å². The summed E-state index contributed by atoms with van der Waals surface area (Å²) in [6, 6.07) is 12.9. The van der Waals surface area contributed by atoms with Crippen LogP contribution in [0, 0.1) is 13.8 Å². The van der Waals surface area contributed by atoms with Crippen LogP contribution in [-0.2, 0) is 16.1 Å². The molecular formula is C20H23NO4. The van der Waals surface area contributed by atoms with E-state index in [-0.39, 0.29) is 18.3 Å². The number of hydrogen-bond donors (Lipinski definition) is 1. The molecule has 1 N–H and O–H groups in total. The third-order valence-electron chi connectivity index (χ3n) is 3.78. The Morgan fingerprint density at radius 2 is 1.76 bits per heavy atom. The van der Waals surface area contributed by atoms with Crippen molar-refractivity contribution in [1.82, 2.24) is 5.32 Å². The van der Waals surface area contributed by atoms with Crippen LogP contribution >= 0.6 is 0 Å². The first kappa shape index (κ1) is 18.5. The molecule has 0 heterocycles. The van der Waals surface area contributed by atoms with Gasteiger partial charge >= 0.3 is 5.97 Å². The molecule has 0 saturated carbocycles. The molecule has 2 aromatic rings. The lowest BCUT2D eigenvalue weighted by molar-refractivity contribution is -0.121. The standard InChI is InChI=1S/C20H23NO4/c1-14-4-9-18(15(2)12-14)25-11-10-19(22)21-13-16-5-7-17(8-6-16)20(23)24-3/h4-9,12H,10-11,13H2,1-3H3,(H,21,22). The molecule has 25 heavy (non-hydrogen) atoms. The summed E-state index contributed by atoms with van der Waals surface area (Å²) in [4.78, 5) is 23.3. The van der Waals surface area contributed by atoms with Gasteiger partial charge in [0.15, 0.2) is 0 Å². The van der Waals surface area contributed by atoms with E-state index in [2.05, 4.69) is 10.1 Å². The number of amides is 1. The summed E-state index contributed by atoms with van der Waals surface area (Å²) in [6.07, 6.45) is 0.285. The first-order valence-electron chi connectivity index (χ1n) is 8.13. The Labute approximate surface area is 148 Å². The van der Waals surface area contributed by atoms with Gasteiger partial charge in [-0.05, 0) is 43.2 Å². The molecule has 2 aromatic carbocycles. The van der Waals surface area contributed by atoms with E-state index < -0.39 is 0 Å². The first-order chi connectivity index (χ1) is 12.0. The van der Waals surface area contributed by atoms with Crippen molar-refractivity contribution >= 4 is 11.9 Å². The van der Waals surface area contributed by atoms with Crippen LogP contribution in [0.3, 0.4) is 0 Å². The number of carbonyl (C=O) groups excluding carboxylic acids is 2. The van der Waals surface area contributed by atoms with Crippen molar-refractivity contribution < 1.29 is 19.1 Å². The van der Waals surface area contributed by atoms with Crippen molar-refractivity contribution in [2.24, 2.45) is 0 Å². The lowest BCUT2D eigenvalue weighted by Crippen LogP contribution is -2.24. The van der Waals surface area contributed by atoms with E-state index in [0.29, 0.717) is 18.7 Å². The maximum atomic E-state index is 11.9. The van der Waals surface area contributed by atoms with E-state index in [1.54, 1.807) is 24.3 Å². The van der Waals surface area contributed by atoms with Crippen molar-refractivity contribution in [2.75, 3.05) is 13.7 Å². The third-order valence-corrected chi connectivity index (χ3v) is 3.78. The molecule has 0 bridgehead atoms. The van der Waals surface area contributed by atoms with Crippen LogP contribution in [-0.4, -0.2) is 25.6 Å². The van der Waals surface area contributed by atoms with E-state index >= 15 is 0 Å². The van der Waals surface area contributed by atoms with Crippen LogP contribution in [0.4, 0.5) is 0 Å². The fourth-order valence-electron chi connectivity index (χ4n) is 2.38. The molecule has 0 aliphatic carbocycles. The van der Waals surface area contributed by atoms with Crippen LogP contribution in [0.15, 0.2) is 42.5 Å². The van der Waals surface area contributed by atoms with Gasteiger partial charge in [0.05, 0.1) is 25.7 Å². The lowest BCUT2D eigenvalue weighted by Gasteiger charge is -2.10. The van der Waals surface area contributed by atoms with E-state index in [0.717, 1.165) is 16.9 Å². The van der Waals surface area contributed by atoms with Crippen LogP contribution in [0.1, 0.15) is 33.5 Å². The Bertz CT molecular complexity index is 738. The zero-order valence-electron chi connectivity index (χ0n) is 14.8. The zero-order chi connectivity index (χ0) is 18.2. The second-order valence-electron chi connectivity index (χ2n) is 5.83.